The smallest absolute Gasteiger partial charge is 0.405 e. The standard InChI is InChI=1S/C49H64N6O8/c1-28(2)39(52-45(60)61)41(56)54-26-8-24-48(54,43(50)58)34-18-10-30(11-19-34)36-22-23-37(38(36)32-14-16-33(17-15-32)47(5,6)7)31-12-20-35(21-13-31)49(44(51)59)25-9-27-55(49)42(57)40(29(3)4)53-46(62)63/h10-21,28-29,36-40,52-53H,8-9,22-27H2,1-7H3,(H2,50,58)(H2,51,59)(H,60,61)(H,62,63)/t36?,37?,38?,39-,40-,48-,49-/m0/s1. The van der Waals surface area contributed by atoms with Crippen molar-refractivity contribution in [1.82, 2.24) is 20.4 Å². The minimum absolute atomic E-state index is 0.0304. The Bertz CT molecular complexity index is 2070. The molecule has 6 amide bonds. The van der Waals surface area contributed by atoms with Crippen molar-refractivity contribution in [2.24, 2.45) is 23.3 Å². The first-order valence-corrected chi connectivity index (χ1v) is 22.2. The molecular formula is C49H64N6O8. The SMILES string of the molecule is CC(C)[C@H](NC(=O)O)C(=O)N1CCC[C@@]1(C(N)=O)c1ccc(C2CCC(c3ccc([C@]4(C(N)=O)CCCN4C(=O)[C@@H](NC(=O)O)C(C)C)cc3)C2c2ccc(C(C)(C)C)cc2)cc1. The van der Waals surface area contributed by atoms with Crippen molar-refractivity contribution >= 4 is 35.8 Å². The molecule has 0 spiro atoms. The van der Waals surface area contributed by atoms with E-state index in [4.69, 9.17) is 11.5 Å². The van der Waals surface area contributed by atoms with Crippen molar-refractivity contribution in [3.05, 3.63) is 106 Å². The summed E-state index contributed by atoms with van der Waals surface area (Å²) in [7, 11) is 0. The van der Waals surface area contributed by atoms with Crippen molar-refractivity contribution in [1.29, 1.82) is 0 Å². The summed E-state index contributed by atoms with van der Waals surface area (Å²) in [5, 5.41) is 23.7. The number of primary amides is 2. The van der Waals surface area contributed by atoms with Crippen molar-refractivity contribution in [2.75, 3.05) is 13.1 Å². The number of nitrogens with zero attached hydrogens (tertiary/aromatic N) is 2. The van der Waals surface area contributed by atoms with Gasteiger partial charge in [0.05, 0.1) is 0 Å². The molecule has 14 heteroatoms. The van der Waals surface area contributed by atoms with E-state index in [1.54, 1.807) is 27.7 Å². The van der Waals surface area contributed by atoms with Crippen molar-refractivity contribution < 1.29 is 39.0 Å². The molecule has 8 N–H and O–H groups in total. The van der Waals surface area contributed by atoms with Gasteiger partial charge in [-0.2, -0.15) is 0 Å². The summed E-state index contributed by atoms with van der Waals surface area (Å²) in [6.07, 6.45) is 0.738. The van der Waals surface area contributed by atoms with Crippen LogP contribution in [0.1, 0.15) is 138 Å². The number of amides is 6. The van der Waals surface area contributed by atoms with Crippen LogP contribution in [0.25, 0.3) is 0 Å². The Balaban J connectivity index is 1.36. The molecule has 338 valence electrons. The number of nitrogens with one attached hydrogen (secondary N) is 2. The predicted molar refractivity (Wildman–Crippen MR) is 239 cm³/mol. The van der Waals surface area contributed by atoms with E-state index >= 15 is 0 Å². The fourth-order valence-electron chi connectivity index (χ4n) is 10.7. The molecule has 6 atom stereocenters. The van der Waals surface area contributed by atoms with Crippen LogP contribution in [0.3, 0.4) is 0 Å². The Morgan fingerprint density at radius 2 is 0.952 bits per heavy atom. The Labute approximate surface area is 370 Å². The molecule has 1 saturated carbocycles. The van der Waals surface area contributed by atoms with Gasteiger partial charge in [0.25, 0.3) is 0 Å². The number of carbonyl (C=O) groups is 6. The molecule has 6 rings (SSSR count). The molecule has 3 fully saturated rings. The molecule has 2 saturated heterocycles. The van der Waals surface area contributed by atoms with Crippen LogP contribution in [0, 0.1) is 11.8 Å². The minimum atomic E-state index is -1.44. The number of hydrogen-bond donors (Lipinski definition) is 6. The molecule has 0 aromatic heterocycles. The lowest BCUT2D eigenvalue weighted by Crippen LogP contribution is -2.59. The van der Waals surface area contributed by atoms with Gasteiger partial charge in [-0.3, -0.25) is 19.2 Å². The Morgan fingerprint density at radius 1 is 0.603 bits per heavy atom. The highest BCUT2D eigenvalue weighted by Crippen LogP contribution is 2.55. The van der Waals surface area contributed by atoms with Crippen LogP contribution in [0.15, 0.2) is 72.8 Å². The Hall–Kier alpha value is -5.92. The second kappa shape index (κ2) is 18.1. The average Bonchev–Trinajstić information content (AvgIpc) is 4.00. The predicted octanol–water partition coefficient (Wildman–Crippen LogP) is 6.62. The van der Waals surface area contributed by atoms with Crippen molar-refractivity contribution in [2.45, 2.75) is 133 Å². The zero-order valence-electron chi connectivity index (χ0n) is 37.5. The molecule has 63 heavy (non-hydrogen) atoms. The summed E-state index contributed by atoms with van der Waals surface area (Å²) in [6.45, 7) is 14.1. The van der Waals surface area contributed by atoms with Gasteiger partial charge in [-0.1, -0.05) is 121 Å². The van der Waals surface area contributed by atoms with Gasteiger partial charge < -0.3 is 42.1 Å². The summed E-state index contributed by atoms with van der Waals surface area (Å²) in [5.41, 5.74) is 15.1. The van der Waals surface area contributed by atoms with Gasteiger partial charge in [0, 0.05) is 13.1 Å². The van der Waals surface area contributed by atoms with E-state index in [1.807, 2.05) is 48.5 Å². The summed E-state index contributed by atoms with van der Waals surface area (Å²) >= 11 is 0. The molecule has 0 bridgehead atoms. The molecule has 2 aliphatic heterocycles. The van der Waals surface area contributed by atoms with E-state index in [9.17, 15) is 39.0 Å². The maximum Gasteiger partial charge on any atom is 0.405 e. The van der Waals surface area contributed by atoms with E-state index in [1.165, 1.54) is 20.9 Å². The molecular weight excluding hydrogens is 801 g/mol. The molecule has 3 aliphatic rings. The second-order valence-electron chi connectivity index (χ2n) is 19.4. The summed E-state index contributed by atoms with van der Waals surface area (Å²) in [5.74, 6) is -2.87. The third-order valence-electron chi connectivity index (χ3n) is 14.0. The number of likely N-dealkylation sites (tertiary alicyclic amines) is 2. The van der Waals surface area contributed by atoms with Crippen LogP contribution in [-0.4, -0.2) is 81.0 Å². The number of nitrogens with two attached hydrogens (primary N) is 2. The van der Waals surface area contributed by atoms with E-state index in [0.29, 0.717) is 36.8 Å². The zero-order chi connectivity index (χ0) is 46.2. The van der Waals surface area contributed by atoms with Crippen LogP contribution in [0.5, 0.6) is 0 Å². The average molecular weight is 865 g/mol. The molecule has 3 aromatic carbocycles. The summed E-state index contributed by atoms with van der Waals surface area (Å²) in [6, 6.07) is 22.3. The van der Waals surface area contributed by atoms with Gasteiger partial charge in [-0.15, -0.1) is 0 Å². The van der Waals surface area contributed by atoms with Gasteiger partial charge in [0.15, 0.2) is 0 Å². The molecule has 0 radical (unpaired) electrons. The van der Waals surface area contributed by atoms with Gasteiger partial charge in [0.1, 0.15) is 23.2 Å². The largest absolute Gasteiger partial charge is 0.465 e. The van der Waals surface area contributed by atoms with Crippen LogP contribution in [0.2, 0.25) is 0 Å². The third kappa shape index (κ3) is 8.73. The van der Waals surface area contributed by atoms with E-state index in [-0.39, 0.29) is 48.1 Å². The first-order chi connectivity index (χ1) is 29.6. The van der Waals surface area contributed by atoms with Gasteiger partial charge >= 0.3 is 12.2 Å². The highest BCUT2D eigenvalue weighted by Gasteiger charge is 2.53. The molecule has 2 unspecified atom stereocenters. The Morgan fingerprint density at radius 3 is 1.25 bits per heavy atom. The van der Waals surface area contributed by atoms with E-state index in [0.717, 1.165) is 24.0 Å². The zero-order valence-corrected chi connectivity index (χ0v) is 37.5. The Kier molecular flexibility index (Phi) is 13.3. The van der Waals surface area contributed by atoms with E-state index < -0.39 is 59.0 Å². The lowest BCUT2D eigenvalue weighted by molar-refractivity contribution is -0.146. The van der Waals surface area contributed by atoms with Crippen LogP contribution < -0.4 is 22.1 Å². The highest BCUT2D eigenvalue weighted by molar-refractivity contribution is 5.96. The topological polar surface area (TPSA) is 225 Å². The number of rotatable bonds is 13. The lowest BCUT2D eigenvalue weighted by Gasteiger charge is -2.39. The van der Waals surface area contributed by atoms with Gasteiger partial charge in [-0.05, 0) is 107 Å². The number of carbonyl (C=O) groups excluding carboxylic acids is 4. The van der Waals surface area contributed by atoms with Gasteiger partial charge in [0.2, 0.25) is 23.6 Å². The second-order valence-corrected chi connectivity index (χ2v) is 19.4. The molecule has 2 heterocycles. The third-order valence-corrected chi connectivity index (χ3v) is 14.0. The maximum absolute atomic E-state index is 14.0. The fourth-order valence-corrected chi connectivity index (χ4v) is 10.7. The summed E-state index contributed by atoms with van der Waals surface area (Å²) in [4.78, 5) is 81.1. The lowest BCUT2D eigenvalue weighted by atomic mass is 9.75. The van der Waals surface area contributed by atoms with Crippen LogP contribution >= 0.6 is 0 Å². The van der Waals surface area contributed by atoms with E-state index in [2.05, 4.69) is 55.7 Å². The van der Waals surface area contributed by atoms with Crippen molar-refractivity contribution in [3.63, 3.8) is 0 Å². The minimum Gasteiger partial charge on any atom is -0.465 e. The normalized spacial score (nSPS) is 24.6. The maximum atomic E-state index is 14.0. The highest BCUT2D eigenvalue weighted by atomic mass is 16.4. The number of benzene rings is 3. The monoisotopic (exact) mass is 864 g/mol. The van der Waals surface area contributed by atoms with Crippen LogP contribution in [0.4, 0.5) is 9.59 Å². The molecule has 3 aromatic rings. The molecule has 14 nitrogen and oxygen atoms in total. The van der Waals surface area contributed by atoms with Crippen molar-refractivity contribution in [3.8, 4) is 0 Å². The first-order valence-electron chi connectivity index (χ1n) is 22.2. The number of hydrogen-bond acceptors (Lipinski definition) is 6. The molecule has 1 aliphatic carbocycles. The van der Waals surface area contributed by atoms with Gasteiger partial charge in [-0.25, -0.2) is 9.59 Å². The fraction of sp³-hybridized carbons (Fsp3) is 0.510. The number of carboxylic acid groups (broad SMARTS) is 2. The van der Waals surface area contributed by atoms with Crippen LogP contribution in [-0.2, 0) is 35.7 Å². The first kappa shape index (κ1) is 46.6. The summed E-state index contributed by atoms with van der Waals surface area (Å²) < 4.78 is 0. The quantitative estimate of drug-likeness (QED) is 0.109.